The monoisotopic (exact) mass is 653 g/mol. The van der Waals surface area contributed by atoms with Crippen LogP contribution in [0.15, 0.2) is 0 Å². The second-order valence-electron chi connectivity index (χ2n) is 13.7. The van der Waals surface area contributed by atoms with Gasteiger partial charge in [0.25, 0.3) is 0 Å². The Morgan fingerprint density at radius 3 is 1.91 bits per heavy atom. The van der Waals surface area contributed by atoms with Gasteiger partial charge < -0.3 is 34.0 Å². The minimum absolute atomic E-state index is 0.0506. The molecule has 2 amide bonds. The molecule has 5 fully saturated rings. The lowest BCUT2D eigenvalue weighted by Crippen LogP contribution is -2.53. The third-order valence-electron chi connectivity index (χ3n) is 10.7. The molecule has 13 nitrogen and oxygen atoms in total. The van der Waals surface area contributed by atoms with Gasteiger partial charge in [-0.15, -0.1) is 0 Å². The number of nitrogens with zero attached hydrogens (tertiary/aromatic N) is 7. The number of Topliss-reactive ketones (excluding diaryl/α,β-unsaturated/α-hetero) is 1. The highest BCUT2D eigenvalue weighted by atomic mass is 16.6. The van der Waals surface area contributed by atoms with Crippen LogP contribution in [-0.4, -0.2) is 122 Å². The molecular weight excluding hydrogens is 602 g/mol. The zero-order valence-corrected chi connectivity index (χ0v) is 28.2. The molecule has 0 radical (unpaired) electrons. The molecule has 5 heterocycles. The van der Waals surface area contributed by atoms with E-state index in [0.717, 1.165) is 89.8 Å². The normalized spacial score (nSPS) is 22.9. The second-order valence-corrected chi connectivity index (χ2v) is 13.7. The molecule has 0 N–H and O–H groups in total. The first kappa shape index (κ1) is 33.3. The molecule has 13 heteroatoms. The first-order chi connectivity index (χ1) is 22.8. The van der Waals surface area contributed by atoms with Gasteiger partial charge in [-0.25, -0.2) is 4.79 Å². The van der Waals surface area contributed by atoms with Crippen molar-refractivity contribution >= 4 is 41.3 Å². The number of rotatable bonds is 9. The Bertz CT molecular complexity index is 1310. The van der Waals surface area contributed by atoms with Crippen molar-refractivity contribution in [3.63, 3.8) is 0 Å². The van der Waals surface area contributed by atoms with E-state index >= 15 is 0 Å². The van der Waals surface area contributed by atoms with Gasteiger partial charge in [0.2, 0.25) is 11.9 Å². The number of carbonyl (C=O) groups excluding carboxylic acids is 4. The molecule has 4 aliphatic heterocycles. The van der Waals surface area contributed by atoms with Crippen LogP contribution in [0.3, 0.4) is 0 Å². The average Bonchev–Trinajstić information content (AvgIpc) is 3.90. The van der Waals surface area contributed by atoms with Crippen LogP contribution in [0.4, 0.5) is 22.4 Å². The molecule has 0 spiro atoms. The van der Waals surface area contributed by atoms with E-state index in [1.54, 1.807) is 23.6 Å². The lowest BCUT2D eigenvalue weighted by atomic mass is 9.72. The summed E-state index contributed by atoms with van der Waals surface area (Å²) in [5.41, 5.74) is -0.560. The summed E-state index contributed by atoms with van der Waals surface area (Å²) in [6.45, 7) is 9.71. The minimum atomic E-state index is -1.12. The van der Waals surface area contributed by atoms with Crippen LogP contribution in [0.25, 0.3) is 0 Å². The van der Waals surface area contributed by atoms with E-state index in [1.165, 1.54) is 0 Å². The lowest BCUT2D eigenvalue weighted by Gasteiger charge is -2.39. The van der Waals surface area contributed by atoms with Crippen molar-refractivity contribution in [1.29, 1.82) is 0 Å². The Balaban J connectivity index is 1.10. The molecule has 1 aliphatic carbocycles. The molecule has 47 heavy (non-hydrogen) atoms. The molecule has 258 valence electrons. The van der Waals surface area contributed by atoms with Gasteiger partial charge in [0.15, 0.2) is 5.78 Å². The summed E-state index contributed by atoms with van der Waals surface area (Å²) in [6.07, 6.45) is 9.17. The van der Waals surface area contributed by atoms with Crippen LogP contribution in [-0.2, 0) is 19.1 Å². The van der Waals surface area contributed by atoms with E-state index < -0.39 is 17.5 Å². The Morgan fingerprint density at radius 1 is 0.723 bits per heavy atom. The van der Waals surface area contributed by atoms with Crippen molar-refractivity contribution in [1.82, 2.24) is 19.8 Å². The van der Waals surface area contributed by atoms with Gasteiger partial charge in [0.05, 0.1) is 12.6 Å². The highest BCUT2D eigenvalue weighted by Crippen LogP contribution is 2.41. The predicted octanol–water partition coefficient (Wildman–Crippen LogP) is 3.64. The van der Waals surface area contributed by atoms with Gasteiger partial charge >= 0.3 is 12.1 Å². The number of anilines is 3. The maximum atomic E-state index is 13.9. The van der Waals surface area contributed by atoms with Gasteiger partial charge in [-0.3, -0.25) is 14.4 Å². The number of likely N-dealkylation sites (tertiary alicyclic amines) is 1. The molecule has 0 bridgehead atoms. The van der Waals surface area contributed by atoms with Crippen LogP contribution < -0.4 is 14.7 Å². The lowest BCUT2D eigenvalue weighted by molar-refractivity contribution is -0.168. The van der Waals surface area contributed by atoms with Crippen LogP contribution in [0, 0.1) is 5.41 Å². The first-order valence-corrected chi connectivity index (χ1v) is 17.9. The molecule has 1 aromatic rings. The fourth-order valence-corrected chi connectivity index (χ4v) is 8.03. The summed E-state index contributed by atoms with van der Waals surface area (Å²) in [7, 11) is 0. The number of carbonyl (C=O) groups is 4. The van der Waals surface area contributed by atoms with Gasteiger partial charge in [-0.1, -0.05) is 19.3 Å². The van der Waals surface area contributed by atoms with Gasteiger partial charge in [0, 0.05) is 58.9 Å². The first-order valence-electron chi connectivity index (χ1n) is 17.9. The minimum Gasteiger partial charge on any atom is -0.465 e. The summed E-state index contributed by atoms with van der Waals surface area (Å²) in [4.78, 5) is 73.2. The number of ether oxygens (including phenoxy) is 2. The van der Waals surface area contributed by atoms with Gasteiger partial charge in [-0.2, -0.15) is 9.97 Å². The van der Waals surface area contributed by atoms with E-state index in [4.69, 9.17) is 19.4 Å². The zero-order chi connectivity index (χ0) is 33.0. The highest BCUT2D eigenvalue weighted by molar-refractivity contribution is 6.04. The number of hydrogen-bond donors (Lipinski definition) is 0. The van der Waals surface area contributed by atoms with Crippen molar-refractivity contribution in [3.05, 3.63) is 5.56 Å². The van der Waals surface area contributed by atoms with E-state index in [9.17, 15) is 19.2 Å². The van der Waals surface area contributed by atoms with Crippen LogP contribution >= 0.6 is 0 Å². The van der Waals surface area contributed by atoms with E-state index in [0.29, 0.717) is 62.9 Å². The summed E-state index contributed by atoms with van der Waals surface area (Å²) >= 11 is 0. The molecule has 1 aromatic heterocycles. The maximum absolute atomic E-state index is 13.9. The van der Waals surface area contributed by atoms with Crippen LogP contribution in [0.2, 0.25) is 0 Å². The fraction of sp³-hybridized carbons (Fsp3) is 0.765. The van der Waals surface area contributed by atoms with Crippen molar-refractivity contribution in [2.24, 2.45) is 5.41 Å². The third kappa shape index (κ3) is 6.85. The average molecular weight is 654 g/mol. The number of hydrogen-bond acceptors (Lipinski definition) is 11. The molecule has 0 aromatic carbocycles. The van der Waals surface area contributed by atoms with Crippen LogP contribution in [0.1, 0.15) is 94.8 Å². The van der Waals surface area contributed by atoms with Crippen molar-refractivity contribution in [2.75, 3.05) is 86.8 Å². The highest BCUT2D eigenvalue weighted by Gasteiger charge is 2.51. The summed E-state index contributed by atoms with van der Waals surface area (Å²) < 4.78 is 11.2. The zero-order valence-electron chi connectivity index (χ0n) is 28.2. The van der Waals surface area contributed by atoms with Crippen molar-refractivity contribution in [3.8, 4) is 0 Å². The Hall–Kier alpha value is -3.64. The van der Waals surface area contributed by atoms with Gasteiger partial charge in [-0.05, 0) is 65.2 Å². The molecule has 1 saturated carbocycles. The van der Waals surface area contributed by atoms with Crippen molar-refractivity contribution in [2.45, 2.75) is 90.5 Å². The SMILES string of the molecule is CCOC(=O)C1(C(=O)N2CCCC2COC(=O)N2CCN(c3nc(N4CCCC4)nc(N4CCCC4)c3C(C)=O)CC2)CCCCC1. The number of amides is 2. The Labute approximate surface area is 277 Å². The Kier molecular flexibility index (Phi) is 10.4. The number of esters is 1. The molecule has 1 atom stereocenters. The van der Waals surface area contributed by atoms with Gasteiger partial charge in [0.1, 0.15) is 29.2 Å². The summed E-state index contributed by atoms with van der Waals surface area (Å²) in [6, 6.07) is -0.256. The second kappa shape index (κ2) is 14.6. The van der Waals surface area contributed by atoms with E-state index in [2.05, 4.69) is 14.7 Å². The van der Waals surface area contributed by atoms with E-state index in [-0.39, 0.29) is 30.9 Å². The quantitative estimate of drug-likeness (QED) is 0.220. The fourth-order valence-electron chi connectivity index (χ4n) is 8.03. The molecule has 4 saturated heterocycles. The predicted molar refractivity (Wildman–Crippen MR) is 177 cm³/mol. The maximum Gasteiger partial charge on any atom is 0.409 e. The Morgan fingerprint density at radius 2 is 1.32 bits per heavy atom. The largest absolute Gasteiger partial charge is 0.465 e. The van der Waals surface area contributed by atoms with E-state index in [1.807, 2.05) is 0 Å². The topological polar surface area (TPSA) is 129 Å². The summed E-state index contributed by atoms with van der Waals surface area (Å²) in [5, 5.41) is 0. The summed E-state index contributed by atoms with van der Waals surface area (Å²) in [5.74, 6) is 1.43. The number of aromatic nitrogens is 2. The molecule has 1 unspecified atom stereocenters. The van der Waals surface area contributed by atoms with Crippen LogP contribution in [0.5, 0.6) is 0 Å². The molecule has 5 aliphatic rings. The standard InChI is InChI=1S/C34H51N7O6/c1-3-46-31(44)34(13-5-4-6-14-34)30(43)41-19-11-12-26(41)24-47-33(45)40-22-20-38(21-23-40)29-27(25(2)42)28(37-15-7-8-16-37)35-32(36-29)39-17-9-10-18-39/h26H,3-24H2,1-2H3. The molecular formula is C34H51N7O6. The number of ketones is 1. The van der Waals surface area contributed by atoms with Crippen molar-refractivity contribution < 1.29 is 28.7 Å². The smallest absolute Gasteiger partial charge is 0.409 e. The number of piperazine rings is 1. The molecule has 6 rings (SSSR count). The third-order valence-corrected chi connectivity index (χ3v) is 10.7.